The van der Waals surface area contributed by atoms with Gasteiger partial charge in [-0.25, -0.2) is 4.39 Å². The van der Waals surface area contributed by atoms with Crippen molar-refractivity contribution < 1.29 is 4.39 Å². The van der Waals surface area contributed by atoms with Crippen molar-refractivity contribution in [1.82, 2.24) is 4.98 Å². The lowest BCUT2D eigenvalue weighted by molar-refractivity contribution is 0.628. The summed E-state index contributed by atoms with van der Waals surface area (Å²) in [6.07, 6.45) is 1.90. The van der Waals surface area contributed by atoms with E-state index < -0.39 is 5.82 Å². The van der Waals surface area contributed by atoms with Gasteiger partial charge in [-0.1, -0.05) is 11.6 Å². The smallest absolute Gasteiger partial charge is 0.141 e. The monoisotopic (exact) mass is 209 g/mol. The van der Waals surface area contributed by atoms with Gasteiger partial charge in [0.2, 0.25) is 0 Å². The zero-order chi connectivity index (χ0) is 10.1. The molecule has 1 N–H and O–H groups in total. The van der Waals surface area contributed by atoms with Gasteiger partial charge in [-0.15, -0.1) is 0 Å². The Bertz CT molecular complexity index is 462. The van der Waals surface area contributed by atoms with Crippen LogP contribution < -0.4 is 0 Å². The third-order valence-electron chi connectivity index (χ3n) is 2.06. The van der Waals surface area contributed by atoms with Gasteiger partial charge in [-0.2, -0.15) is 0 Å². The number of aromatic amines is 1. The zero-order valence-corrected chi connectivity index (χ0v) is 8.40. The molecule has 2 rings (SSSR count). The Hall–Kier alpha value is -1.28. The Balaban J connectivity index is 2.47. The summed E-state index contributed by atoms with van der Waals surface area (Å²) >= 11 is 5.68. The molecule has 1 aromatic heterocycles. The van der Waals surface area contributed by atoms with Crippen LogP contribution in [0.25, 0.3) is 11.3 Å². The minimum atomic E-state index is -0.390. The standard InChI is InChI=1S/C11H9ClFN/c1-7-4-11(14-6-7)8-2-3-10(13)9(12)5-8/h2-6,14H,1H3. The van der Waals surface area contributed by atoms with Crippen LogP contribution in [0.15, 0.2) is 30.5 Å². The van der Waals surface area contributed by atoms with Crippen molar-refractivity contribution in [3.05, 3.63) is 46.9 Å². The van der Waals surface area contributed by atoms with E-state index in [1.807, 2.05) is 19.2 Å². The van der Waals surface area contributed by atoms with Crippen molar-refractivity contribution in [2.24, 2.45) is 0 Å². The van der Waals surface area contributed by atoms with Crippen LogP contribution in [-0.4, -0.2) is 4.98 Å². The first-order chi connectivity index (χ1) is 6.66. The van der Waals surface area contributed by atoms with Gasteiger partial charge in [0.25, 0.3) is 0 Å². The number of hydrogen-bond donors (Lipinski definition) is 1. The summed E-state index contributed by atoms with van der Waals surface area (Å²) in [7, 11) is 0. The fourth-order valence-corrected chi connectivity index (χ4v) is 1.51. The molecular formula is C11H9ClFN. The van der Waals surface area contributed by atoms with Crippen molar-refractivity contribution in [2.45, 2.75) is 6.92 Å². The Morgan fingerprint density at radius 1 is 1.29 bits per heavy atom. The molecule has 0 aliphatic rings. The maximum absolute atomic E-state index is 12.9. The van der Waals surface area contributed by atoms with Gasteiger partial charge in [-0.3, -0.25) is 0 Å². The second-order valence-corrected chi connectivity index (χ2v) is 3.63. The summed E-state index contributed by atoms with van der Waals surface area (Å²) in [5.74, 6) is -0.390. The van der Waals surface area contributed by atoms with E-state index in [0.29, 0.717) is 0 Å². The van der Waals surface area contributed by atoms with Crippen LogP contribution in [0, 0.1) is 12.7 Å². The van der Waals surface area contributed by atoms with Crippen molar-refractivity contribution in [3.63, 3.8) is 0 Å². The molecule has 0 saturated heterocycles. The number of benzene rings is 1. The number of halogens is 2. The largest absolute Gasteiger partial charge is 0.361 e. The normalized spacial score (nSPS) is 10.5. The molecular weight excluding hydrogens is 201 g/mol. The summed E-state index contributed by atoms with van der Waals surface area (Å²) < 4.78 is 12.9. The third-order valence-corrected chi connectivity index (χ3v) is 2.35. The van der Waals surface area contributed by atoms with E-state index in [9.17, 15) is 4.39 Å². The zero-order valence-electron chi connectivity index (χ0n) is 7.64. The summed E-state index contributed by atoms with van der Waals surface area (Å²) in [5, 5.41) is 0.148. The molecule has 2 aromatic rings. The highest BCUT2D eigenvalue weighted by atomic mass is 35.5. The van der Waals surface area contributed by atoms with Crippen LogP contribution in [0.1, 0.15) is 5.56 Å². The maximum atomic E-state index is 12.9. The second kappa shape index (κ2) is 3.46. The minimum absolute atomic E-state index is 0.148. The first kappa shape index (κ1) is 9.28. The van der Waals surface area contributed by atoms with Gasteiger partial charge in [-0.05, 0) is 42.3 Å². The SMILES string of the molecule is Cc1c[nH]c(-c2ccc(F)c(Cl)c2)c1. The van der Waals surface area contributed by atoms with Gasteiger partial charge in [0.05, 0.1) is 5.02 Å². The van der Waals surface area contributed by atoms with E-state index in [1.54, 1.807) is 12.1 Å². The first-order valence-corrected chi connectivity index (χ1v) is 4.65. The van der Waals surface area contributed by atoms with Crippen molar-refractivity contribution in [2.75, 3.05) is 0 Å². The van der Waals surface area contributed by atoms with Gasteiger partial charge < -0.3 is 4.98 Å². The maximum Gasteiger partial charge on any atom is 0.141 e. The molecule has 0 radical (unpaired) electrons. The van der Waals surface area contributed by atoms with Crippen molar-refractivity contribution in [3.8, 4) is 11.3 Å². The average Bonchev–Trinajstić information content (AvgIpc) is 2.57. The quantitative estimate of drug-likeness (QED) is 0.736. The summed E-state index contributed by atoms with van der Waals surface area (Å²) in [4.78, 5) is 3.09. The topological polar surface area (TPSA) is 15.8 Å². The predicted molar refractivity (Wildman–Crippen MR) is 55.9 cm³/mol. The van der Waals surface area contributed by atoms with Crippen molar-refractivity contribution in [1.29, 1.82) is 0 Å². The van der Waals surface area contributed by atoms with Crippen molar-refractivity contribution >= 4 is 11.6 Å². The summed E-state index contributed by atoms with van der Waals surface area (Å²) in [5.41, 5.74) is 2.98. The van der Waals surface area contributed by atoms with Crippen LogP contribution >= 0.6 is 11.6 Å². The first-order valence-electron chi connectivity index (χ1n) is 4.27. The molecule has 14 heavy (non-hydrogen) atoms. The highest BCUT2D eigenvalue weighted by Gasteiger charge is 2.03. The molecule has 0 atom stereocenters. The van der Waals surface area contributed by atoms with Crippen LogP contribution in [0.2, 0.25) is 5.02 Å². The summed E-state index contributed by atoms with van der Waals surface area (Å²) in [6.45, 7) is 1.99. The Morgan fingerprint density at radius 3 is 2.64 bits per heavy atom. The molecule has 72 valence electrons. The number of rotatable bonds is 1. The number of aryl methyl sites for hydroxylation is 1. The van der Waals surface area contributed by atoms with Gasteiger partial charge in [0.1, 0.15) is 5.82 Å². The molecule has 3 heteroatoms. The molecule has 1 nitrogen and oxygen atoms in total. The molecule has 0 fully saturated rings. The molecule has 0 saturated carbocycles. The molecule has 0 unspecified atom stereocenters. The lowest BCUT2D eigenvalue weighted by atomic mass is 10.1. The molecule has 1 aromatic carbocycles. The number of aromatic nitrogens is 1. The minimum Gasteiger partial charge on any atom is -0.361 e. The Labute approximate surface area is 86.5 Å². The number of nitrogens with one attached hydrogen (secondary N) is 1. The van der Waals surface area contributed by atoms with E-state index in [4.69, 9.17) is 11.6 Å². The Morgan fingerprint density at radius 2 is 2.07 bits per heavy atom. The lowest BCUT2D eigenvalue weighted by Crippen LogP contribution is -1.80. The van der Waals surface area contributed by atoms with Gasteiger partial charge in [0.15, 0.2) is 0 Å². The van der Waals surface area contributed by atoms with Crippen LogP contribution in [0.4, 0.5) is 4.39 Å². The molecule has 0 amide bonds. The van der Waals surface area contributed by atoms with Crippen LogP contribution in [0.5, 0.6) is 0 Å². The van der Waals surface area contributed by atoms with E-state index in [2.05, 4.69) is 4.98 Å². The number of H-pyrrole nitrogens is 1. The van der Waals surface area contributed by atoms with Crippen LogP contribution in [0.3, 0.4) is 0 Å². The molecule has 1 heterocycles. The molecule has 0 spiro atoms. The summed E-state index contributed by atoms with van der Waals surface area (Å²) in [6, 6.07) is 6.67. The highest BCUT2D eigenvalue weighted by molar-refractivity contribution is 6.31. The highest BCUT2D eigenvalue weighted by Crippen LogP contribution is 2.24. The average molecular weight is 210 g/mol. The molecule has 0 aliphatic heterocycles. The van der Waals surface area contributed by atoms with Gasteiger partial charge >= 0.3 is 0 Å². The van der Waals surface area contributed by atoms with E-state index >= 15 is 0 Å². The van der Waals surface area contributed by atoms with E-state index in [1.165, 1.54) is 6.07 Å². The van der Waals surface area contributed by atoms with Gasteiger partial charge in [0, 0.05) is 11.9 Å². The molecule has 0 bridgehead atoms. The van der Waals surface area contributed by atoms with E-state index in [0.717, 1.165) is 16.8 Å². The van der Waals surface area contributed by atoms with E-state index in [-0.39, 0.29) is 5.02 Å². The second-order valence-electron chi connectivity index (χ2n) is 3.22. The Kier molecular flexibility index (Phi) is 2.30. The van der Waals surface area contributed by atoms with Crippen LogP contribution in [-0.2, 0) is 0 Å². The lowest BCUT2D eigenvalue weighted by Gasteiger charge is -1.99. The number of hydrogen-bond acceptors (Lipinski definition) is 0. The molecule has 0 aliphatic carbocycles. The fraction of sp³-hybridized carbons (Fsp3) is 0.0909. The predicted octanol–water partition coefficient (Wildman–Crippen LogP) is 3.78. The third kappa shape index (κ3) is 1.66. The fourth-order valence-electron chi connectivity index (χ4n) is 1.33.